The van der Waals surface area contributed by atoms with Crippen molar-refractivity contribution in [3.8, 4) is 11.8 Å². The van der Waals surface area contributed by atoms with Gasteiger partial charge in [0, 0.05) is 79.6 Å². The molecule has 8 rings (SSSR count). The van der Waals surface area contributed by atoms with Crippen LogP contribution in [0.1, 0.15) is 89.6 Å². The maximum atomic E-state index is 14.1. The fourth-order valence-electron chi connectivity index (χ4n) is 10.2. The lowest BCUT2D eigenvalue weighted by Crippen LogP contribution is -2.55. The zero-order chi connectivity index (χ0) is 39.8. The molecule has 4 aliphatic heterocycles. The molecule has 5 fully saturated rings. The fraction of sp³-hybridized carbons (Fsp3) is 0.568. The Bertz CT molecular complexity index is 1970. The highest BCUT2D eigenvalue weighted by molar-refractivity contribution is 7.99. The maximum absolute atomic E-state index is 14.1. The molecule has 57 heavy (non-hydrogen) atoms. The Balaban J connectivity index is 0.908. The number of aryl methyl sites for hydroxylation is 2. The molecule has 0 radical (unpaired) electrons. The number of alkyl halides is 3. The first-order valence-corrected chi connectivity index (χ1v) is 21.5. The van der Waals surface area contributed by atoms with Crippen molar-refractivity contribution in [3.05, 3.63) is 87.8 Å². The number of fused-ring (bicyclic) bond motifs is 2. The zero-order valence-electron chi connectivity index (χ0n) is 32.5. The molecule has 7 unspecified atom stereocenters. The van der Waals surface area contributed by atoms with Crippen LogP contribution >= 0.6 is 11.8 Å². The summed E-state index contributed by atoms with van der Waals surface area (Å²) in [6.45, 7) is 7.13. The van der Waals surface area contributed by atoms with E-state index in [1.54, 1.807) is 11.8 Å². The second kappa shape index (κ2) is 16.8. The van der Waals surface area contributed by atoms with E-state index in [9.17, 15) is 27.9 Å². The van der Waals surface area contributed by atoms with Crippen LogP contribution in [0.25, 0.3) is 0 Å². The first kappa shape index (κ1) is 40.0. The Morgan fingerprint density at radius 2 is 1.74 bits per heavy atom. The minimum absolute atomic E-state index is 0.0165. The van der Waals surface area contributed by atoms with Gasteiger partial charge in [0.25, 0.3) is 0 Å². The Labute approximate surface area is 336 Å². The van der Waals surface area contributed by atoms with Gasteiger partial charge in [0.2, 0.25) is 11.8 Å². The van der Waals surface area contributed by atoms with Crippen LogP contribution in [0.15, 0.2) is 53.1 Å². The Morgan fingerprint density at radius 1 is 0.965 bits per heavy atom. The molecule has 1 saturated carbocycles. The van der Waals surface area contributed by atoms with Gasteiger partial charge < -0.3 is 24.2 Å². The van der Waals surface area contributed by atoms with Gasteiger partial charge in [0.1, 0.15) is 12.4 Å². The van der Waals surface area contributed by atoms with Crippen molar-refractivity contribution in [3.63, 3.8) is 0 Å². The standard InChI is InChI=1S/C44H51F3N4O5S/c1-27-39(28(2)56-48-27)25-57-26-42(53)51-34-20-31(35-8-4-3-6-29(35)7-5-18-52)21-40(51)38(22-34)41-23-33(13-19-55-41)49-14-16-50(17-15-49)43(54)37-24-36(37)30-9-11-32(12-10-30)44(45,46)47/h3-4,6,8-12,31,33-34,36-38,40-41,52H,13-26H2,1-2H3/t31?,33?,34?,36-,37?,38?,40?,41?/m0/s1. The minimum Gasteiger partial charge on any atom is -0.384 e. The van der Waals surface area contributed by atoms with Crippen LogP contribution in [0.4, 0.5) is 13.2 Å². The Hall–Kier alpha value is -3.83. The molecule has 13 heteroatoms. The largest absolute Gasteiger partial charge is 0.416 e. The number of piperazine rings is 1. The number of halogens is 3. The summed E-state index contributed by atoms with van der Waals surface area (Å²) < 4.78 is 51.1. The number of hydrogen-bond acceptors (Lipinski definition) is 8. The first-order chi connectivity index (χ1) is 27.5. The summed E-state index contributed by atoms with van der Waals surface area (Å²) in [6.07, 6.45) is 0.711. The highest BCUT2D eigenvalue weighted by atomic mass is 32.2. The summed E-state index contributed by atoms with van der Waals surface area (Å²) in [5, 5.41) is 13.5. The molecular weight excluding hydrogens is 754 g/mol. The molecule has 1 aliphatic carbocycles. The van der Waals surface area contributed by atoms with Crippen LogP contribution in [0.5, 0.6) is 0 Å². The number of aliphatic hydroxyl groups is 1. The van der Waals surface area contributed by atoms with Crippen LogP contribution in [-0.4, -0.2) is 106 Å². The molecule has 8 atom stereocenters. The number of carbonyl (C=O) groups excluding carboxylic acids is 2. The van der Waals surface area contributed by atoms with Gasteiger partial charge in [-0.15, -0.1) is 11.8 Å². The topological polar surface area (TPSA) is 99.4 Å². The lowest BCUT2D eigenvalue weighted by atomic mass is 9.80. The van der Waals surface area contributed by atoms with Gasteiger partial charge in [-0.1, -0.05) is 47.3 Å². The van der Waals surface area contributed by atoms with Crippen molar-refractivity contribution < 1.29 is 37.1 Å². The van der Waals surface area contributed by atoms with E-state index >= 15 is 0 Å². The monoisotopic (exact) mass is 804 g/mol. The molecule has 9 nitrogen and oxygen atoms in total. The third-order valence-corrected chi connectivity index (χ3v) is 14.1. The molecule has 2 amide bonds. The van der Waals surface area contributed by atoms with E-state index < -0.39 is 11.7 Å². The second-order valence-electron chi connectivity index (χ2n) is 16.4. The average Bonchev–Trinajstić information content (AvgIpc) is 3.91. The predicted molar refractivity (Wildman–Crippen MR) is 210 cm³/mol. The molecule has 5 heterocycles. The molecule has 1 N–H and O–H groups in total. The van der Waals surface area contributed by atoms with E-state index in [2.05, 4.69) is 32.9 Å². The number of hydrogen-bond donors (Lipinski definition) is 1. The maximum Gasteiger partial charge on any atom is 0.416 e. The van der Waals surface area contributed by atoms with Crippen LogP contribution in [0.2, 0.25) is 0 Å². The van der Waals surface area contributed by atoms with Crippen molar-refractivity contribution in [1.29, 1.82) is 0 Å². The SMILES string of the molecule is Cc1noc(C)c1CSCC(=O)N1C2CC(c3ccccc3C#CCO)CC1C(C1CC(N3CCN(C(=O)C4C[C@H]4c4ccc(C(F)(F)F)cc4)CC3)CCO1)C2. The van der Waals surface area contributed by atoms with Crippen molar-refractivity contribution in [2.45, 2.75) is 100 Å². The quantitative estimate of drug-likeness (QED) is 0.244. The average molecular weight is 805 g/mol. The van der Waals surface area contributed by atoms with E-state index in [0.717, 1.165) is 85.5 Å². The van der Waals surface area contributed by atoms with E-state index in [1.165, 1.54) is 17.7 Å². The van der Waals surface area contributed by atoms with Crippen LogP contribution in [-0.2, 0) is 26.3 Å². The lowest BCUT2D eigenvalue weighted by molar-refractivity contribution is -0.138. The summed E-state index contributed by atoms with van der Waals surface area (Å²) in [4.78, 5) is 34.2. The van der Waals surface area contributed by atoms with E-state index in [-0.39, 0.29) is 60.3 Å². The van der Waals surface area contributed by atoms with E-state index in [4.69, 9.17) is 9.26 Å². The number of thioether (sulfide) groups is 1. The van der Waals surface area contributed by atoms with Crippen molar-refractivity contribution in [2.75, 3.05) is 45.1 Å². The molecule has 2 aromatic carbocycles. The zero-order valence-corrected chi connectivity index (χ0v) is 33.4. The highest BCUT2D eigenvalue weighted by Crippen LogP contribution is 2.51. The number of piperidine rings is 1. The molecule has 3 aromatic rings. The van der Waals surface area contributed by atoms with Crippen molar-refractivity contribution >= 4 is 23.6 Å². The first-order valence-electron chi connectivity index (χ1n) is 20.3. The van der Waals surface area contributed by atoms with Gasteiger partial charge >= 0.3 is 6.18 Å². The number of aromatic nitrogens is 1. The summed E-state index contributed by atoms with van der Waals surface area (Å²) in [7, 11) is 0. The minimum atomic E-state index is -4.37. The van der Waals surface area contributed by atoms with Gasteiger partial charge in [-0.2, -0.15) is 13.2 Å². The lowest BCUT2D eigenvalue weighted by Gasteiger charge is -2.45. The molecule has 304 valence electrons. The fourth-order valence-corrected chi connectivity index (χ4v) is 11.2. The number of benzene rings is 2. The molecule has 4 saturated heterocycles. The normalized spacial score (nSPS) is 28.9. The summed E-state index contributed by atoms with van der Waals surface area (Å²) in [6, 6.07) is 13.9. The van der Waals surface area contributed by atoms with Gasteiger partial charge in [-0.3, -0.25) is 14.5 Å². The second-order valence-corrected chi connectivity index (χ2v) is 17.4. The van der Waals surface area contributed by atoms with Gasteiger partial charge in [0.05, 0.1) is 23.1 Å². The van der Waals surface area contributed by atoms with E-state index in [1.807, 2.05) is 36.9 Å². The Morgan fingerprint density at radius 3 is 2.46 bits per heavy atom. The molecule has 1 aromatic heterocycles. The number of nitrogens with zero attached hydrogens (tertiary/aromatic N) is 4. The smallest absolute Gasteiger partial charge is 0.384 e. The third-order valence-electron chi connectivity index (χ3n) is 13.2. The van der Waals surface area contributed by atoms with Gasteiger partial charge in [-0.25, -0.2) is 0 Å². The number of aliphatic hydroxyl groups excluding tert-OH is 1. The number of amides is 2. The van der Waals surface area contributed by atoms with Crippen molar-refractivity contribution in [2.24, 2.45) is 11.8 Å². The number of ether oxygens (including phenoxy) is 1. The summed E-state index contributed by atoms with van der Waals surface area (Å²) in [5.41, 5.74) is 4.16. The number of carbonyl (C=O) groups is 2. The third kappa shape index (κ3) is 8.52. The van der Waals surface area contributed by atoms with Crippen LogP contribution in [0, 0.1) is 37.5 Å². The molecular formula is C44H51F3N4O5S. The predicted octanol–water partition coefficient (Wildman–Crippen LogP) is 6.55. The van der Waals surface area contributed by atoms with Crippen LogP contribution < -0.4 is 0 Å². The molecule has 5 aliphatic rings. The number of rotatable bonds is 9. The van der Waals surface area contributed by atoms with Crippen LogP contribution in [0.3, 0.4) is 0 Å². The highest BCUT2D eigenvalue weighted by Gasteiger charge is 2.53. The van der Waals surface area contributed by atoms with Gasteiger partial charge in [-0.05, 0) is 93.5 Å². The van der Waals surface area contributed by atoms with E-state index in [0.29, 0.717) is 43.7 Å². The van der Waals surface area contributed by atoms with Gasteiger partial charge in [0.15, 0.2) is 0 Å². The molecule has 0 spiro atoms. The summed E-state index contributed by atoms with van der Waals surface area (Å²) >= 11 is 1.61. The van der Waals surface area contributed by atoms with Crippen molar-refractivity contribution in [1.82, 2.24) is 19.9 Å². The Kier molecular flexibility index (Phi) is 11.8. The molecule has 2 bridgehead atoms. The summed E-state index contributed by atoms with van der Waals surface area (Å²) in [5.74, 6) is 8.37.